The quantitative estimate of drug-likeness (QED) is 0.471. The van der Waals surface area contributed by atoms with Crippen LogP contribution in [0.25, 0.3) is 0 Å². The third kappa shape index (κ3) is 6.09. The lowest BCUT2D eigenvalue weighted by Gasteiger charge is -2.41. The number of ether oxygens (including phenoxy) is 2. The van der Waals surface area contributed by atoms with Gasteiger partial charge in [0.25, 0.3) is 0 Å². The fourth-order valence-electron chi connectivity index (χ4n) is 2.94. The molecule has 0 aliphatic carbocycles. The molecule has 0 amide bonds. The summed E-state index contributed by atoms with van der Waals surface area (Å²) in [5.41, 5.74) is 2.10. The molecule has 0 aliphatic heterocycles. The molecule has 0 spiro atoms. The van der Waals surface area contributed by atoms with Crippen LogP contribution in [-0.2, 0) is 11.0 Å². The van der Waals surface area contributed by atoms with E-state index >= 15 is 0 Å². The molecule has 0 heterocycles. The predicted molar refractivity (Wildman–Crippen MR) is 126 cm³/mol. The van der Waals surface area contributed by atoms with Crippen LogP contribution in [-0.4, -0.2) is 26.6 Å². The summed E-state index contributed by atoms with van der Waals surface area (Å²) in [6, 6.07) is 16.0. The first-order chi connectivity index (χ1) is 14.0. The molecule has 166 valence electrons. The molecule has 30 heavy (non-hydrogen) atoms. The van der Waals surface area contributed by atoms with Gasteiger partial charge in [-0.3, -0.25) is 0 Å². The van der Waals surface area contributed by atoms with Crippen molar-refractivity contribution < 1.29 is 19.0 Å². The Morgan fingerprint density at radius 1 is 0.967 bits per heavy atom. The zero-order valence-electron chi connectivity index (χ0n) is 19.7. The van der Waals surface area contributed by atoms with Crippen molar-refractivity contribution in [1.29, 1.82) is 0 Å². The number of rotatable bonds is 9. The molecule has 0 saturated carbocycles. The third-order valence-corrected chi connectivity index (χ3v) is 10.7. The maximum absolute atomic E-state index is 10.3. The van der Waals surface area contributed by atoms with Crippen LogP contribution in [0, 0.1) is 5.92 Å². The van der Waals surface area contributed by atoms with Gasteiger partial charge in [-0.1, -0.05) is 64.1 Å². The van der Waals surface area contributed by atoms with Crippen molar-refractivity contribution in [1.82, 2.24) is 0 Å². The average molecular weight is 431 g/mol. The van der Waals surface area contributed by atoms with E-state index in [9.17, 15) is 5.11 Å². The molecule has 0 aromatic heterocycles. The molecule has 5 heteroatoms. The lowest BCUT2D eigenvalue weighted by atomic mass is 9.93. The summed E-state index contributed by atoms with van der Waals surface area (Å²) in [5.74, 6) is 1.31. The first kappa shape index (κ1) is 24.4. The summed E-state index contributed by atoms with van der Waals surface area (Å²) >= 11 is 0. The zero-order valence-corrected chi connectivity index (χ0v) is 20.7. The van der Waals surface area contributed by atoms with Crippen LogP contribution < -0.4 is 9.47 Å². The Morgan fingerprint density at radius 2 is 1.60 bits per heavy atom. The van der Waals surface area contributed by atoms with Gasteiger partial charge in [0.05, 0.1) is 19.3 Å². The molecule has 1 N–H and O–H groups in total. The van der Waals surface area contributed by atoms with Gasteiger partial charge in [0.15, 0.2) is 19.8 Å². The van der Waals surface area contributed by atoms with Gasteiger partial charge in [-0.05, 0) is 48.3 Å². The SMILES string of the molecule is COc1cc([C@@H](O[Si](C)(C)C(C)(C)C)[C@@H](C)C(C)O)ccc1OCc1ccccc1. The number of hydrogen-bond acceptors (Lipinski definition) is 4. The molecular weight excluding hydrogens is 392 g/mol. The van der Waals surface area contributed by atoms with Crippen LogP contribution in [0.2, 0.25) is 18.1 Å². The van der Waals surface area contributed by atoms with Crippen LogP contribution in [0.4, 0.5) is 0 Å². The van der Waals surface area contributed by atoms with Crippen molar-refractivity contribution in [2.24, 2.45) is 5.92 Å². The molecule has 0 aliphatic rings. The van der Waals surface area contributed by atoms with Gasteiger partial charge < -0.3 is 19.0 Å². The van der Waals surface area contributed by atoms with Crippen molar-refractivity contribution in [3.8, 4) is 11.5 Å². The smallest absolute Gasteiger partial charge is 0.192 e. The Bertz CT molecular complexity index is 797. The first-order valence-electron chi connectivity index (χ1n) is 10.7. The van der Waals surface area contributed by atoms with Gasteiger partial charge in [0.2, 0.25) is 0 Å². The number of aliphatic hydroxyl groups is 1. The van der Waals surface area contributed by atoms with E-state index in [-0.39, 0.29) is 17.1 Å². The van der Waals surface area contributed by atoms with Crippen molar-refractivity contribution in [3.63, 3.8) is 0 Å². The number of aliphatic hydroxyl groups excluding tert-OH is 1. The second-order valence-electron chi connectivity index (χ2n) is 9.58. The molecule has 0 bridgehead atoms. The highest BCUT2D eigenvalue weighted by atomic mass is 28.4. The Balaban J connectivity index is 2.32. The monoisotopic (exact) mass is 430 g/mol. The van der Waals surface area contributed by atoms with Crippen LogP contribution in [0.3, 0.4) is 0 Å². The highest BCUT2D eigenvalue weighted by molar-refractivity contribution is 6.74. The molecule has 1 unspecified atom stereocenters. The minimum absolute atomic E-state index is 0.0556. The van der Waals surface area contributed by atoms with Gasteiger partial charge in [-0.15, -0.1) is 0 Å². The lowest BCUT2D eigenvalue weighted by Crippen LogP contribution is -2.43. The molecule has 2 aromatic carbocycles. The fraction of sp³-hybridized carbons (Fsp3) is 0.520. The summed E-state index contributed by atoms with van der Waals surface area (Å²) in [6.45, 7) is 15.5. The summed E-state index contributed by atoms with van der Waals surface area (Å²) in [5, 5.41) is 10.4. The van der Waals surface area contributed by atoms with Crippen molar-refractivity contribution in [2.45, 2.75) is 71.6 Å². The van der Waals surface area contributed by atoms with Crippen molar-refractivity contribution in [2.75, 3.05) is 7.11 Å². The maximum atomic E-state index is 10.3. The number of benzene rings is 2. The summed E-state index contributed by atoms with van der Waals surface area (Å²) in [6.07, 6.45) is -0.706. The predicted octanol–water partition coefficient (Wildman–Crippen LogP) is 6.35. The second kappa shape index (κ2) is 9.99. The Hall–Kier alpha value is -1.82. The van der Waals surface area contributed by atoms with E-state index in [1.807, 2.05) is 62.4 Å². The zero-order chi connectivity index (χ0) is 22.5. The second-order valence-corrected chi connectivity index (χ2v) is 14.3. The molecule has 2 aromatic rings. The van der Waals surface area contributed by atoms with Gasteiger partial charge in [0, 0.05) is 5.92 Å². The van der Waals surface area contributed by atoms with Crippen LogP contribution in [0.15, 0.2) is 48.5 Å². The highest BCUT2D eigenvalue weighted by Crippen LogP contribution is 2.43. The Labute approximate surface area is 183 Å². The highest BCUT2D eigenvalue weighted by Gasteiger charge is 2.41. The third-order valence-electron chi connectivity index (χ3n) is 6.22. The van der Waals surface area contributed by atoms with E-state index in [1.165, 1.54) is 0 Å². The van der Waals surface area contributed by atoms with E-state index in [2.05, 4.69) is 33.9 Å². The van der Waals surface area contributed by atoms with Crippen molar-refractivity contribution in [3.05, 3.63) is 59.7 Å². The minimum atomic E-state index is -2.04. The molecule has 2 rings (SSSR count). The normalized spacial score (nSPS) is 15.4. The molecular formula is C25H38O4Si. The largest absolute Gasteiger partial charge is 0.493 e. The summed E-state index contributed by atoms with van der Waals surface area (Å²) in [7, 11) is -0.394. The lowest BCUT2D eigenvalue weighted by molar-refractivity contribution is 0.0373. The number of methoxy groups -OCH3 is 1. The molecule has 0 saturated heterocycles. The van der Waals surface area contributed by atoms with Crippen LogP contribution in [0.1, 0.15) is 51.8 Å². The maximum Gasteiger partial charge on any atom is 0.192 e. The van der Waals surface area contributed by atoms with Gasteiger partial charge in [-0.25, -0.2) is 0 Å². The summed E-state index contributed by atoms with van der Waals surface area (Å²) < 4.78 is 18.4. The van der Waals surface area contributed by atoms with Gasteiger partial charge in [-0.2, -0.15) is 0 Å². The van der Waals surface area contributed by atoms with E-state index in [4.69, 9.17) is 13.9 Å². The molecule has 4 nitrogen and oxygen atoms in total. The fourth-order valence-corrected chi connectivity index (χ4v) is 4.28. The molecule has 3 atom stereocenters. The number of hydrogen-bond donors (Lipinski definition) is 1. The van der Waals surface area contributed by atoms with Crippen LogP contribution >= 0.6 is 0 Å². The van der Waals surface area contributed by atoms with Crippen LogP contribution in [0.5, 0.6) is 11.5 Å². The van der Waals surface area contributed by atoms with E-state index in [0.717, 1.165) is 11.1 Å². The van der Waals surface area contributed by atoms with E-state index in [1.54, 1.807) is 7.11 Å². The Morgan fingerprint density at radius 3 is 2.13 bits per heavy atom. The molecule has 0 radical (unpaired) electrons. The van der Waals surface area contributed by atoms with E-state index in [0.29, 0.717) is 18.1 Å². The topological polar surface area (TPSA) is 47.9 Å². The molecule has 0 fully saturated rings. The Kier molecular flexibility index (Phi) is 8.14. The first-order valence-corrected chi connectivity index (χ1v) is 13.6. The summed E-state index contributed by atoms with van der Waals surface area (Å²) in [4.78, 5) is 0. The van der Waals surface area contributed by atoms with Crippen molar-refractivity contribution >= 4 is 8.32 Å². The van der Waals surface area contributed by atoms with E-state index < -0.39 is 14.4 Å². The van der Waals surface area contributed by atoms with Gasteiger partial charge >= 0.3 is 0 Å². The minimum Gasteiger partial charge on any atom is -0.493 e. The standard InChI is InChI=1S/C25H38O4Si/c1-18(19(2)26)24(29-30(7,8)25(3,4)5)21-14-15-22(23(16-21)27-6)28-17-20-12-10-9-11-13-20/h9-16,18-19,24,26H,17H2,1-8H3/t18-,19?,24-/m0/s1. The van der Waals surface area contributed by atoms with Gasteiger partial charge in [0.1, 0.15) is 6.61 Å². The average Bonchev–Trinajstić information content (AvgIpc) is 2.69.